The zero-order valence-electron chi connectivity index (χ0n) is 14.2. The van der Waals surface area contributed by atoms with Gasteiger partial charge in [0.05, 0.1) is 24.2 Å². The summed E-state index contributed by atoms with van der Waals surface area (Å²) in [4.78, 5) is 18.5. The van der Waals surface area contributed by atoms with Crippen LogP contribution >= 0.6 is 11.6 Å². The highest BCUT2D eigenvalue weighted by atomic mass is 35.5. The minimum absolute atomic E-state index is 0.102. The van der Waals surface area contributed by atoms with Crippen LogP contribution in [0.2, 0.25) is 5.15 Å². The quantitative estimate of drug-likeness (QED) is 0.829. The predicted octanol–water partition coefficient (Wildman–Crippen LogP) is 3.26. The molecule has 0 saturated heterocycles. The van der Waals surface area contributed by atoms with Gasteiger partial charge in [0, 0.05) is 25.6 Å². The van der Waals surface area contributed by atoms with E-state index in [1.54, 1.807) is 28.8 Å². The number of hydrogen-bond donors (Lipinski definition) is 0. The van der Waals surface area contributed by atoms with Gasteiger partial charge >= 0.3 is 6.09 Å². The lowest BCUT2D eigenvalue weighted by Crippen LogP contribution is -2.41. The summed E-state index contributed by atoms with van der Waals surface area (Å²) < 4.78 is 12.6. The molecule has 1 amide bonds. The van der Waals surface area contributed by atoms with E-state index in [0.717, 1.165) is 12.1 Å². The van der Waals surface area contributed by atoms with Crippen molar-refractivity contribution in [3.05, 3.63) is 23.1 Å². The van der Waals surface area contributed by atoms with Gasteiger partial charge in [0.15, 0.2) is 10.8 Å². The van der Waals surface area contributed by atoms with E-state index in [1.165, 1.54) is 0 Å². The lowest BCUT2D eigenvalue weighted by molar-refractivity contribution is 0.0573. The molecule has 0 saturated carbocycles. The fraction of sp³-hybridized carbons (Fsp3) is 0.562. The van der Waals surface area contributed by atoms with Gasteiger partial charge in [-0.15, -0.1) is 0 Å². The van der Waals surface area contributed by atoms with Gasteiger partial charge in [0.2, 0.25) is 0 Å². The SMILES string of the molecule is COCC1CCN(C(=O)OC(C)(C)C)c2cnc3cc(Cl)nn3c21. The summed E-state index contributed by atoms with van der Waals surface area (Å²) in [5.74, 6) is 0.102. The van der Waals surface area contributed by atoms with Crippen LogP contribution in [0.4, 0.5) is 10.5 Å². The number of carbonyl (C=O) groups excluding carboxylic acids is 1. The molecule has 1 aliphatic rings. The fourth-order valence-electron chi connectivity index (χ4n) is 2.92. The molecule has 24 heavy (non-hydrogen) atoms. The summed E-state index contributed by atoms with van der Waals surface area (Å²) in [7, 11) is 1.66. The third-order valence-corrected chi connectivity index (χ3v) is 4.02. The molecule has 130 valence electrons. The largest absolute Gasteiger partial charge is 0.443 e. The van der Waals surface area contributed by atoms with Crippen molar-refractivity contribution in [2.75, 3.05) is 25.2 Å². The molecule has 0 bridgehead atoms. The van der Waals surface area contributed by atoms with E-state index < -0.39 is 5.60 Å². The molecule has 1 aliphatic heterocycles. The number of nitrogens with zero attached hydrogens (tertiary/aromatic N) is 4. The molecule has 0 aromatic carbocycles. The summed E-state index contributed by atoms with van der Waals surface area (Å²) in [5.41, 5.74) is 1.63. The first-order valence-corrected chi connectivity index (χ1v) is 8.21. The van der Waals surface area contributed by atoms with E-state index in [1.807, 2.05) is 20.8 Å². The van der Waals surface area contributed by atoms with Crippen molar-refractivity contribution < 1.29 is 14.3 Å². The zero-order valence-corrected chi connectivity index (χ0v) is 15.0. The van der Waals surface area contributed by atoms with Gasteiger partial charge in [0.25, 0.3) is 0 Å². The number of fused-ring (bicyclic) bond motifs is 3. The number of ether oxygens (including phenoxy) is 2. The Kier molecular flexibility index (Phi) is 4.40. The van der Waals surface area contributed by atoms with E-state index >= 15 is 0 Å². The van der Waals surface area contributed by atoms with E-state index in [9.17, 15) is 4.79 Å². The molecule has 3 rings (SSSR count). The standard InChI is InChI=1S/C16H21ClN4O3/c1-16(2,3)24-15(22)20-6-5-10(9-23-4)14-11(20)8-18-13-7-12(17)19-21(13)14/h7-8,10H,5-6,9H2,1-4H3. The predicted molar refractivity (Wildman–Crippen MR) is 90.8 cm³/mol. The van der Waals surface area contributed by atoms with Gasteiger partial charge in [-0.3, -0.25) is 4.90 Å². The fourth-order valence-corrected chi connectivity index (χ4v) is 3.09. The van der Waals surface area contributed by atoms with Crippen LogP contribution < -0.4 is 4.90 Å². The summed E-state index contributed by atoms with van der Waals surface area (Å²) in [6.07, 6.45) is 2.03. The van der Waals surface area contributed by atoms with Gasteiger partial charge < -0.3 is 9.47 Å². The Labute approximate surface area is 145 Å². The van der Waals surface area contributed by atoms with Gasteiger partial charge in [0.1, 0.15) is 5.60 Å². The molecule has 0 fully saturated rings. The molecule has 1 atom stereocenters. The molecule has 2 aromatic heterocycles. The molecule has 0 spiro atoms. The molecular weight excluding hydrogens is 332 g/mol. The van der Waals surface area contributed by atoms with Crippen LogP contribution in [0.5, 0.6) is 0 Å². The van der Waals surface area contributed by atoms with Crippen molar-refractivity contribution >= 4 is 29.0 Å². The second-order valence-corrected chi connectivity index (χ2v) is 7.23. The van der Waals surface area contributed by atoms with E-state index in [4.69, 9.17) is 21.1 Å². The van der Waals surface area contributed by atoms with Crippen LogP contribution in [0.1, 0.15) is 38.8 Å². The molecular formula is C16H21ClN4O3. The first kappa shape index (κ1) is 17.0. The third-order valence-electron chi connectivity index (χ3n) is 3.83. The Hall–Kier alpha value is -1.86. The Morgan fingerprint density at radius 2 is 2.21 bits per heavy atom. The third kappa shape index (κ3) is 3.18. The molecule has 0 N–H and O–H groups in total. The normalized spacial score (nSPS) is 17.9. The monoisotopic (exact) mass is 352 g/mol. The number of aromatic nitrogens is 3. The van der Waals surface area contributed by atoms with Crippen LogP contribution in [-0.2, 0) is 9.47 Å². The lowest BCUT2D eigenvalue weighted by Gasteiger charge is -2.34. The maximum absolute atomic E-state index is 12.6. The minimum Gasteiger partial charge on any atom is -0.443 e. The number of halogens is 1. The summed E-state index contributed by atoms with van der Waals surface area (Å²) in [5, 5.41) is 4.68. The molecule has 1 unspecified atom stereocenters. The number of anilines is 1. The van der Waals surface area contributed by atoms with Crippen molar-refractivity contribution in [1.82, 2.24) is 14.6 Å². The average Bonchev–Trinajstić information content (AvgIpc) is 2.86. The number of hydrogen-bond acceptors (Lipinski definition) is 5. The molecule has 2 aromatic rings. The van der Waals surface area contributed by atoms with Gasteiger partial charge in [-0.1, -0.05) is 11.6 Å². The maximum atomic E-state index is 12.6. The molecule has 0 aliphatic carbocycles. The van der Waals surface area contributed by atoms with Crippen molar-refractivity contribution in [2.45, 2.75) is 38.7 Å². The van der Waals surface area contributed by atoms with Crippen molar-refractivity contribution in [3.63, 3.8) is 0 Å². The first-order chi connectivity index (χ1) is 11.3. The highest BCUT2D eigenvalue weighted by Crippen LogP contribution is 2.36. The van der Waals surface area contributed by atoms with Crippen LogP contribution in [0.3, 0.4) is 0 Å². The summed E-state index contributed by atoms with van der Waals surface area (Å²) >= 11 is 6.03. The Morgan fingerprint density at radius 1 is 1.46 bits per heavy atom. The van der Waals surface area contributed by atoms with Gasteiger partial charge in [-0.2, -0.15) is 5.10 Å². The topological polar surface area (TPSA) is 69.0 Å². The number of methoxy groups -OCH3 is 1. The maximum Gasteiger partial charge on any atom is 0.414 e. The number of amides is 1. The van der Waals surface area contributed by atoms with Crippen LogP contribution in [0.15, 0.2) is 12.3 Å². The first-order valence-electron chi connectivity index (χ1n) is 7.84. The van der Waals surface area contributed by atoms with Crippen LogP contribution in [0.25, 0.3) is 5.65 Å². The Bertz CT molecular complexity index is 769. The average molecular weight is 353 g/mol. The zero-order chi connectivity index (χ0) is 17.5. The van der Waals surface area contributed by atoms with E-state index in [-0.39, 0.29) is 12.0 Å². The van der Waals surface area contributed by atoms with Crippen LogP contribution in [0, 0.1) is 0 Å². The smallest absolute Gasteiger partial charge is 0.414 e. The van der Waals surface area contributed by atoms with Crippen LogP contribution in [-0.4, -0.2) is 46.6 Å². The molecule has 8 heteroatoms. The number of carbonyl (C=O) groups is 1. The Balaban J connectivity index is 2.07. The highest BCUT2D eigenvalue weighted by molar-refractivity contribution is 6.29. The second kappa shape index (κ2) is 6.22. The van der Waals surface area contributed by atoms with E-state index in [2.05, 4.69) is 10.1 Å². The molecule has 0 radical (unpaired) electrons. The van der Waals surface area contributed by atoms with E-state index in [0.29, 0.717) is 29.6 Å². The van der Waals surface area contributed by atoms with Gasteiger partial charge in [-0.05, 0) is 27.2 Å². The summed E-state index contributed by atoms with van der Waals surface area (Å²) in [6, 6.07) is 1.69. The highest BCUT2D eigenvalue weighted by Gasteiger charge is 2.34. The van der Waals surface area contributed by atoms with Crippen molar-refractivity contribution in [2.24, 2.45) is 0 Å². The molecule has 7 nitrogen and oxygen atoms in total. The number of rotatable bonds is 2. The molecule has 3 heterocycles. The van der Waals surface area contributed by atoms with Crippen molar-refractivity contribution in [1.29, 1.82) is 0 Å². The second-order valence-electron chi connectivity index (χ2n) is 6.84. The Morgan fingerprint density at radius 3 is 2.88 bits per heavy atom. The lowest BCUT2D eigenvalue weighted by atomic mass is 9.96. The van der Waals surface area contributed by atoms with Gasteiger partial charge in [-0.25, -0.2) is 14.3 Å². The minimum atomic E-state index is -0.562. The summed E-state index contributed by atoms with van der Waals surface area (Å²) in [6.45, 7) is 6.61. The van der Waals surface area contributed by atoms with Crippen molar-refractivity contribution in [3.8, 4) is 0 Å².